The summed E-state index contributed by atoms with van der Waals surface area (Å²) in [5.41, 5.74) is -0.181. The second kappa shape index (κ2) is 7.09. The van der Waals surface area contributed by atoms with E-state index < -0.39 is 11.5 Å². The lowest BCUT2D eigenvalue weighted by Gasteiger charge is -2.41. The highest BCUT2D eigenvalue weighted by molar-refractivity contribution is 6.00. The molecule has 0 aliphatic heterocycles. The van der Waals surface area contributed by atoms with Crippen LogP contribution in [0.3, 0.4) is 0 Å². The monoisotopic (exact) mass is 358 g/mol. The summed E-state index contributed by atoms with van der Waals surface area (Å²) >= 11 is 0. The maximum absolute atomic E-state index is 12.9. The Balaban J connectivity index is 1.77. The maximum atomic E-state index is 12.9. The molecule has 6 nitrogen and oxygen atoms in total. The zero-order valence-electron chi connectivity index (χ0n) is 15.3. The SMILES string of the molecule is CC1CC1C(=O)Nc1cccc(C(=O)N(C)C2(C(=O)O)CCCCC2)c1. The molecular weight excluding hydrogens is 332 g/mol. The first-order chi connectivity index (χ1) is 12.3. The van der Waals surface area contributed by atoms with Crippen LogP contribution >= 0.6 is 0 Å². The number of carbonyl (C=O) groups excluding carboxylic acids is 2. The van der Waals surface area contributed by atoms with Gasteiger partial charge in [0.2, 0.25) is 5.91 Å². The summed E-state index contributed by atoms with van der Waals surface area (Å²) < 4.78 is 0. The predicted molar refractivity (Wildman–Crippen MR) is 97.9 cm³/mol. The van der Waals surface area contributed by atoms with Crippen LogP contribution in [0.5, 0.6) is 0 Å². The number of hydrogen-bond acceptors (Lipinski definition) is 3. The number of benzene rings is 1. The second-order valence-electron chi connectivity index (χ2n) is 7.65. The number of nitrogens with zero attached hydrogens (tertiary/aromatic N) is 1. The molecule has 0 saturated heterocycles. The van der Waals surface area contributed by atoms with Gasteiger partial charge in [-0.25, -0.2) is 4.79 Å². The molecule has 1 aromatic carbocycles. The van der Waals surface area contributed by atoms with E-state index in [1.165, 1.54) is 4.90 Å². The number of nitrogens with one attached hydrogen (secondary N) is 1. The van der Waals surface area contributed by atoms with Crippen molar-refractivity contribution in [3.05, 3.63) is 29.8 Å². The first kappa shape index (κ1) is 18.4. The number of aliphatic carboxylic acids is 1. The number of likely N-dealkylation sites (N-methyl/N-ethyl adjacent to an activating group) is 1. The van der Waals surface area contributed by atoms with Gasteiger partial charge in [0.25, 0.3) is 5.91 Å². The minimum absolute atomic E-state index is 0.0234. The zero-order chi connectivity index (χ0) is 18.9. The van der Waals surface area contributed by atoms with Crippen molar-refractivity contribution in [2.24, 2.45) is 11.8 Å². The van der Waals surface area contributed by atoms with Crippen LogP contribution in [-0.4, -0.2) is 40.4 Å². The van der Waals surface area contributed by atoms with Crippen molar-refractivity contribution in [1.29, 1.82) is 0 Å². The Morgan fingerprint density at radius 3 is 2.42 bits per heavy atom. The molecule has 0 bridgehead atoms. The summed E-state index contributed by atoms with van der Waals surface area (Å²) in [7, 11) is 1.57. The van der Waals surface area contributed by atoms with Crippen LogP contribution in [0.1, 0.15) is 55.8 Å². The fourth-order valence-electron chi connectivity index (χ4n) is 3.87. The number of carboxylic acids is 1. The third kappa shape index (κ3) is 3.45. The number of amides is 2. The summed E-state index contributed by atoms with van der Waals surface area (Å²) in [5.74, 6) is -0.836. The highest BCUT2D eigenvalue weighted by atomic mass is 16.4. The van der Waals surface area contributed by atoms with Crippen LogP contribution in [0.25, 0.3) is 0 Å². The smallest absolute Gasteiger partial charge is 0.329 e. The van der Waals surface area contributed by atoms with Crippen molar-refractivity contribution in [1.82, 2.24) is 4.90 Å². The van der Waals surface area contributed by atoms with Gasteiger partial charge in [0.05, 0.1) is 0 Å². The average Bonchev–Trinajstić information content (AvgIpc) is 3.38. The molecule has 0 radical (unpaired) electrons. The summed E-state index contributed by atoms with van der Waals surface area (Å²) in [6, 6.07) is 6.74. The fourth-order valence-corrected chi connectivity index (χ4v) is 3.87. The van der Waals surface area contributed by atoms with Gasteiger partial charge in [-0.3, -0.25) is 9.59 Å². The summed E-state index contributed by atoms with van der Waals surface area (Å²) in [5, 5.41) is 12.6. The quantitative estimate of drug-likeness (QED) is 0.846. The standard InChI is InChI=1S/C20H26N2O4/c1-13-11-16(13)17(23)21-15-8-6-7-14(12-15)18(24)22(2)20(19(25)26)9-4-3-5-10-20/h6-8,12-13,16H,3-5,9-11H2,1-2H3,(H,21,23)(H,25,26). The number of carboxylic acid groups (broad SMARTS) is 1. The van der Waals surface area contributed by atoms with Crippen molar-refractivity contribution in [3.63, 3.8) is 0 Å². The molecular formula is C20H26N2O4. The molecule has 140 valence electrons. The Hall–Kier alpha value is -2.37. The molecule has 2 aliphatic carbocycles. The lowest BCUT2D eigenvalue weighted by Crippen LogP contribution is -2.56. The van der Waals surface area contributed by atoms with Crippen molar-refractivity contribution < 1.29 is 19.5 Å². The molecule has 0 heterocycles. The van der Waals surface area contributed by atoms with Gasteiger partial charge < -0.3 is 15.3 Å². The second-order valence-corrected chi connectivity index (χ2v) is 7.65. The molecule has 3 rings (SSSR count). The van der Waals surface area contributed by atoms with Crippen molar-refractivity contribution in [3.8, 4) is 0 Å². The molecule has 2 aliphatic rings. The molecule has 0 aromatic heterocycles. The number of anilines is 1. The van der Waals surface area contributed by atoms with E-state index in [2.05, 4.69) is 5.32 Å². The topological polar surface area (TPSA) is 86.7 Å². The molecule has 0 spiro atoms. The van der Waals surface area contributed by atoms with Crippen molar-refractivity contribution >= 4 is 23.5 Å². The van der Waals surface area contributed by atoms with E-state index in [0.717, 1.165) is 25.7 Å². The summed E-state index contributed by atoms with van der Waals surface area (Å²) in [6.07, 6.45) is 4.45. The average molecular weight is 358 g/mol. The molecule has 2 unspecified atom stereocenters. The molecule has 2 saturated carbocycles. The van der Waals surface area contributed by atoms with E-state index in [1.807, 2.05) is 6.92 Å². The molecule has 2 amide bonds. The van der Waals surface area contributed by atoms with Crippen LogP contribution in [0.2, 0.25) is 0 Å². The van der Waals surface area contributed by atoms with Gasteiger partial charge in [0.15, 0.2) is 0 Å². The Morgan fingerprint density at radius 1 is 1.19 bits per heavy atom. The van der Waals surface area contributed by atoms with Gasteiger partial charge in [0, 0.05) is 24.2 Å². The minimum Gasteiger partial charge on any atom is -0.479 e. The lowest BCUT2D eigenvalue weighted by molar-refractivity contribution is -0.151. The Labute approximate surface area is 153 Å². The Kier molecular flexibility index (Phi) is 5.03. The van der Waals surface area contributed by atoms with Gasteiger partial charge in [0.1, 0.15) is 5.54 Å². The van der Waals surface area contributed by atoms with Gasteiger partial charge >= 0.3 is 5.97 Å². The Bertz CT molecular complexity index is 724. The van der Waals surface area contributed by atoms with E-state index in [1.54, 1.807) is 31.3 Å². The van der Waals surface area contributed by atoms with Crippen LogP contribution in [-0.2, 0) is 9.59 Å². The summed E-state index contributed by atoms with van der Waals surface area (Å²) in [4.78, 5) is 38.3. The van der Waals surface area contributed by atoms with E-state index in [0.29, 0.717) is 30.0 Å². The van der Waals surface area contributed by atoms with Crippen LogP contribution in [0.4, 0.5) is 5.69 Å². The third-order valence-corrected chi connectivity index (χ3v) is 5.85. The third-order valence-electron chi connectivity index (χ3n) is 5.85. The first-order valence-corrected chi connectivity index (χ1v) is 9.27. The van der Waals surface area contributed by atoms with E-state index >= 15 is 0 Å². The van der Waals surface area contributed by atoms with Gasteiger partial charge in [-0.1, -0.05) is 32.3 Å². The van der Waals surface area contributed by atoms with Gasteiger partial charge in [-0.2, -0.15) is 0 Å². The molecule has 26 heavy (non-hydrogen) atoms. The first-order valence-electron chi connectivity index (χ1n) is 9.27. The lowest BCUT2D eigenvalue weighted by atomic mass is 9.80. The highest BCUT2D eigenvalue weighted by Gasteiger charge is 2.45. The van der Waals surface area contributed by atoms with Crippen LogP contribution < -0.4 is 5.32 Å². The van der Waals surface area contributed by atoms with Crippen LogP contribution in [0.15, 0.2) is 24.3 Å². The molecule has 2 N–H and O–H groups in total. The van der Waals surface area contributed by atoms with Crippen molar-refractivity contribution in [2.45, 2.75) is 51.0 Å². The molecule has 2 atom stereocenters. The zero-order valence-corrected chi connectivity index (χ0v) is 15.3. The Morgan fingerprint density at radius 2 is 1.85 bits per heavy atom. The van der Waals surface area contributed by atoms with E-state index in [-0.39, 0.29) is 17.7 Å². The normalized spacial score (nSPS) is 23.8. The van der Waals surface area contributed by atoms with Gasteiger partial charge in [-0.05, 0) is 43.4 Å². The highest BCUT2D eigenvalue weighted by Crippen LogP contribution is 2.38. The number of rotatable bonds is 5. The predicted octanol–water partition coefficient (Wildman–Crippen LogP) is 3.14. The van der Waals surface area contributed by atoms with E-state index in [9.17, 15) is 19.5 Å². The van der Waals surface area contributed by atoms with Crippen LogP contribution in [0, 0.1) is 11.8 Å². The molecule has 1 aromatic rings. The van der Waals surface area contributed by atoms with Crippen molar-refractivity contribution in [2.75, 3.05) is 12.4 Å². The van der Waals surface area contributed by atoms with E-state index in [4.69, 9.17) is 0 Å². The molecule has 6 heteroatoms. The maximum Gasteiger partial charge on any atom is 0.329 e. The number of hydrogen-bond donors (Lipinski definition) is 2. The number of carbonyl (C=O) groups is 3. The molecule has 2 fully saturated rings. The summed E-state index contributed by atoms with van der Waals surface area (Å²) in [6.45, 7) is 2.04. The minimum atomic E-state index is -1.14. The largest absolute Gasteiger partial charge is 0.479 e. The van der Waals surface area contributed by atoms with Gasteiger partial charge in [-0.15, -0.1) is 0 Å². The fraction of sp³-hybridized carbons (Fsp3) is 0.550.